The summed E-state index contributed by atoms with van der Waals surface area (Å²) in [6.45, 7) is -0.962. The zero-order valence-corrected chi connectivity index (χ0v) is 20.4. The van der Waals surface area contributed by atoms with Gasteiger partial charge in [-0.25, -0.2) is 0 Å². The molecule has 0 amide bonds. The van der Waals surface area contributed by atoms with Gasteiger partial charge in [-0.2, -0.15) is 0 Å². The average molecular weight is 566 g/mol. The molecule has 2 aliphatic rings. The second-order valence-corrected chi connectivity index (χ2v) is 9.32. The Kier molecular flexibility index (Phi) is 7.47. The van der Waals surface area contributed by atoms with E-state index in [-0.39, 0.29) is 11.5 Å². The lowest BCUT2D eigenvalue weighted by Gasteiger charge is -2.36. The van der Waals surface area contributed by atoms with Gasteiger partial charge in [0.05, 0.1) is 13.2 Å². The molecule has 0 bridgehead atoms. The molecule has 40 heavy (non-hydrogen) atoms. The second-order valence-electron chi connectivity index (χ2n) is 9.32. The van der Waals surface area contributed by atoms with Crippen LogP contribution in [-0.4, -0.2) is 108 Å². The standard InChI is InChI=1S/C25H26O15/c26-9-3-1-8(2-4-9)13-5-10(27)14-17(32)22(39-24-18(33)15(30)11(28)6-36-24)20(35)23(21(14)38-13)40-25-19(34)16(31)12(29)7-37-25/h1-5,11-12,15-16,18-19,24-26,28-35H,6-7H2/t11-,12+,15-,16-,18+,19+,24-,25-/m0/s1. The summed E-state index contributed by atoms with van der Waals surface area (Å²) in [5.41, 5.74) is -1.10. The van der Waals surface area contributed by atoms with E-state index in [4.69, 9.17) is 23.4 Å². The lowest BCUT2D eigenvalue weighted by molar-refractivity contribution is -0.243. The highest BCUT2D eigenvalue weighted by Crippen LogP contribution is 2.51. The molecule has 8 atom stereocenters. The molecule has 0 saturated carbocycles. The fraction of sp³-hybridized carbons (Fsp3) is 0.400. The van der Waals surface area contributed by atoms with E-state index in [0.717, 1.165) is 6.07 Å². The predicted octanol–water partition coefficient (Wildman–Crippen LogP) is -1.79. The summed E-state index contributed by atoms with van der Waals surface area (Å²) >= 11 is 0. The SMILES string of the molecule is O=c1cc(-c2ccc(O)cc2)oc2c(O[C@@H]3OC[C@@H](O)[C@H](O)[C@H]3O)c(O)c(O[C@@H]3OC[C@H](O)[C@H](O)[C@H]3O)c(O)c12. The molecule has 3 aromatic rings. The maximum atomic E-state index is 13.2. The molecular formula is C25H26O15. The Morgan fingerprint density at radius 2 is 1.23 bits per heavy atom. The first-order chi connectivity index (χ1) is 19.0. The molecule has 2 fully saturated rings. The van der Waals surface area contributed by atoms with Gasteiger partial charge in [0.1, 0.15) is 53.5 Å². The number of hydrogen-bond donors (Lipinski definition) is 9. The van der Waals surface area contributed by atoms with Gasteiger partial charge in [0.25, 0.3) is 0 Å². The van der Waals surface area contributed by atoms with E-state index in [2.05, 4.69) is 0 Å². The van der Waals surface area contributed by atoms with E-state index in [1.54, 1.807) is 0 Å². The molecule has 9 N–H and O–H groups in total. The van der Waals surface area contributed by atoms with Gasteiger partial charge in [0.2, 0.25) is 29.8 Å². The summed E-state index contributed by atoms with van der Waals surface area (Å²) in [4.78, 5) is 13.2. The summed E-state index contributed by atoms with van der Waals surface area (Å²) in [5.74, 6) is -3.71. The Morgan fingerprint density at radius 3 is 1.77 bits per heavy atom. The highest BCUT2D eigenvalue weighted by molar-refractivity contribution is 5.95. The normalized spacial score (nSPS) is 30.8. The van der Waals surface area contributed by atoms with Crippen molar-refractivity contribution in [2.24, 2.45) is 0 Å². The number of phenols is 3. The zero-order chi connectivity index (χ0) is 28.9. The Balaban J connectivity index is 1.66. The van der Waals surface area contributed by atoms with Gasteiger partial charge in [-0.3, -0.25) is 4.79 Å². The lowest BCUT2D eigenvalue weighted by Crippen LogP contribution is -2.55. The van der Waals surface area contributed by atoms with E-state index < -0.39 is 102 Å². The Morgan fingerprint density at radius 1 is 0.700 bits per heavy atom. The Hall–Kier alpha value is -3.67. The van der Waals surface area contributed by atoms with Crippen LogP contribution >= 0.6 is 0 Å². The molecule has 1 aromatic heterocycles. The molecule has 0 aliphatic carbocycles. The minimum atomic E-state index is -1.85. The number of aliphatic hydroxyl groups excluding tert-OH is 6. The van der Waals surface area contributed by atoms with Crippen LogP contribution in [0.25, 0.3) is 22.3 Å². The lowest BCUT2D eigenvalue weighted by atomic mass is 10.1. The summed E-state index contributed by atoms with van der Waals surface area (Å²) in [6.07, 6.45) is -13.5. The second kappa shape index (κ2) is 10.7. The van der Waals surface area contributed by atoms with Crippen molar-refractivity contribution in [3.63, 3.8) is 0 Å². The van der Waals surface area contributed by atoms with Crippen LogP contribution in [0.1, 0.15) is 0 Å². The molecule has 2 saturated heterocycles. The first kappa shape index (κ1) is 27.9. The number of benzene rings is 2. The van der Waals surface area contributed by atoms with Crippen LogP contribution in [-0.2, 0) is 9.47 Å². The van der Waals surface area contributed by atoms with Gasteiger partial charge in [-0.05, 0) is 24.3 Å². The summed E-state index contributed by atoms with van der Waals surface area (Å²) in [5, 5.41) is 91.2. The smallest absolute Gasteiger partial charge is 0.229 e. The topological polar surface area (TPSA) is 249 Å². The highest BCUT2D eigenvalue weighted by atomic mass is 16.7. The van der Waals surface area contributed by atoms with E-state index in [1.165, 1.54) is 24.3 Å². The fourth-order valence-electron chi connectivity index (χ4n) is 4.30. The van der Waals surface area contributed by atoms with Crippen LogP contribution in [0.2, 0.25) is 0 Å². The van der Waals surface area contributed by atoms with Crippen molar-refractivity contribution in [2.75, 3.05) is 13.2 Å². The van der Waals surface area contributed by atoms with E-state index in [9.17, 15) is 50.8 Å². The van der Waals surface area contributed by atoms with Crippen molar-refractivity contribution in [3.05, 3.63) is 40.6 Å². The summed E-state index contributed by atoms with van der Waals surface area (Å²) in [7, 11) is 0. The predicted molar refractivity (Wildman–Crippen MR) is 130 cm³/mol. The molecule has 5 rings (SSSR count). The van der Waals surface area contributed by atoms with Gasteiger partial charge < -0.3 is 69.3 Å². The minimum Gasteiger partial charge on any atom is -0.508 e. The van der Waals surface area contributed by atoms with Crippen molar-refractivity contribution < 1.29 is 69.3 Å². The maximum Gasteiger partial charge on any atom is 0.229 e. The van der Waals surface area contributed by atoms with Crippen LogP contribution in [0.5, 0.6) is 28.7 Å². The molecule has 0 spiro atoms. The van der Waals surface area contributed by atoms with Crippen molar-refractivity contribution in [1.29, 1.82) is 0 Å². The fourth-order valence-corrected chi connectivity index (χ4v) is 4.30. The van der Waals surface area contributed by atoms with E-state index in [0.29, 0.717) is 5.56 Å². The molecule has 0 radical (unpaired) electrons. The van der Waals surface area contributed by atoms with Gasteiger partial charge in [0, 0.05) is 11.6 Å². The first-order valence-corrected chi connectivity index (χ1v) is 12.0. The molecular weight excluding hydrogens is 540 g/mol. The van der Waals surface area contributed by atoms with Crippen molar-refractivity contribution in [3.8, 4) is 40.1 Å². The summed E-state index contributed by atoms with van der Waals surface area (Å²) < 4.78 is 27.2. The largest absolute Gasteiger partial charge is 0.508 e. The number of hydrogen-bond acceptors (Lipinski definition) is 15. The minimum absolute atomic E-state index is 0.0677. The number of rotatable bonds is 5. The van der Waals surface area contributed by atoms with E-state index in [1.807, 2.05) is 0 Å². The van der Waals surface area contributed by atoms with Crippen molar-refractivity contribution >= 4 is 11.0 Å². The number of ether oxygens (including phenoxy) is 4. The van der Waals surface area contributed by atoms with Gasteiger partial charge in [0.15, 0.2) is 16.8 Å². The van der Waals surface area contributed by atoms with Gasteiger partial charge in [-0.1, -0.05) is 0 Å². The van der Waals surface area contributed by atoms with Crippen LogP contribution in [0.4, 0.5) is 0 Å². The molecule has 2 aromatic carbocycles. The van der Waals surface area contributed by atoms with Gasteiger partial charge in [-0.15, -0.1) is 0 Å². The van der Waals surface area contributed by atoms with Crippen LogP contribution in [0, 0.1) is 0 Å². The third-order valence-corrected chi connectivity index (χ3v) is 6.56. The number of fused-ring (bicyclic) bond motifs is 1. The molecule has 0 unspecified atom stereocenters. The number of phenolic OH excluding ortho intramolecular Hbond substituents is 3. The molecule has 2 aliphatic heterocycles. The average Bonchev–Trinajstić information content (AvgIpc) is 2.93. The molecule has 216 valence electrons. The third kappa shape index (κ3) is 4.89. The number of aromatic hydroxyl groups is 3. The monoisotopic (exact) mass is 566 g/mol. The van der Waals surface area contributed by atoms with E-state index >= 15 is 0 Å². The Labute approximate surface area is 223 Å². The molecule has 3 heterocycles. The highest BCUT2D eigenvalue weighted by Gasteiger charge is 2.42. The maximum absolute atomic E-state index is 13.2. The zero-order valence-electron chi connectivity index (χ0n) is 20.4. The van der Waals surface area contributed by atoms with Crippen LogP contribution in [0.15, 0.2) is 39.5 Å². The Bertz CT molecular complexity index is 1440. The van der Waals surface area contributed by atoms with Crippen LogP contribution < -0.4 is 14.9 Å². The summed E-state index contributed by atoms with van der Waals surface area (Å²) in [6, 6.07) is 6.48. The third-order valence-electron chi connectivity index (χ3n) is 6.56. The van der Waals surface area contributed by atoms with Crippen molar-refractivity contribution in [1.82, 2.24) is 0 Å². The molecule has 15 heteroatoms. The van der Waals surface area contributed by atoms with Gasteiger partial charge >= 0.3 is 0 Å². The van der Waals surface area contributed by atoms with Crippen LogP contribution in [0.3, 0.4) is 0 Å². The van der Waals surface area contributed by atoms with Crippen molar-refractivity contribution in [2.45, 2.75) is 49.2 Å². The first-order valence-electron chi connectivity index (χ1n) is 12.0. The number of aliphatic hydroxyl groups is 6. The molecule has 15 nitrogen and oxygen atoms in total. The quantitative estimate of drug-likeness (QED) is 0.165.